The van der Waals surface area contributed by atoms with E-state index in [9.17, 15) is 9.18 Å². The number of amides is 1. The molecule has 0 saturated heterocycles. The molecular weight excluding hydrogens is 325 g/mol. The molecule has 0 spiro atoms. The minimum absolute atomic E-state index is 0.166. The second-order valence-corrected chi connectivity index (χ2v) is 5.49. The molecule has 0 unspecified atom stereocenters. The van der Waals surface area contributed by atoms with E-state index < -0.39 is 0 Å². The van der Waals surface area contributed by atoms with Crippen molar-refractivity contribution >= 4 is 28.9 Å². The minimum atomic E-state index is -0.272. The molecule has 1 amide bonds. The highest BCUT2D eigenvalue weighted by atomic mass is 19.1. The number of hydrogen-bond acceptors (Lipinski definition) is 6. The average molecular weight is 339 g/mol. The Kier molecular flexibility index (Phi) is 3.73. The van der Waals surface area contributed by atoms with E-state index in [0.29, 0.717) is 35.1 Å². The number of halogens is 1. The minimum Gasteiger partial charge on any atom is -0.359 e. The van der Waals surface area contributed by atoms with Crippen LogP contribution in [0.2, 0.25) is 0 Å². The van der Waals surface area contributed by atoms with Crippen LogP contribution in [0.4, 0.5) is 27.4 Å². The van der Waals surface area contributed by atoms with Crippen molar-refractivity contribution in [2.75, 3.05) is 22.5 Å². The van der Waals surface area contributed by atoms with Gasteiger partial charge in [0.2, 0.25) is 5.91 Å². The summed E-state index contributed by atoms with van der Waals surface area (Å²) in [7, 11) is 0. The number of benzene rings is 1. The van der Waals surface area contributed by atoms with Gasteiger partial charge in [0.25, 0.3) is 0 Å². The molecule has 0 atom stereocenters. The predicted octanol–water partition coefficient (Wildman–Crippen LogP) is 1.97. The van der Waals surface area contributed by atoms with Crippen molar-refractivity contribution in [3.63, 3.8) is 0 Å². The van der Waals surface area contributed by atoms with E-state index in [0.717, 1.165) is 0 Å². The van der Waals surface area contributed by atoms with Crippen molar-refractivity contribution in [3.05, 3.63) is 54.4 Å². The third-order valence-electron chi connectivity index (χ3n) is 3.71. The Hall–Kier alpha value is -3.49. The highest BCUT2D eigenvalue weighted by molar-refractivity contribution is 6.03. The molecule has 1 aromatic carbocycles. The van der Waals surface area contributed by atoms with Crippen LogP contribution in [0.3, 0.4) is 0 Å². The lowest BCUT2D eigenvalue weighted by molar-refractivity contribution is -0.114. The van der Waals surface area contributed by atoms with E-state index in [1.54, 1.807) is 35.3 Å². The van der Waals surface area contributed by atoms with Gasteiger partial charge in [0.15, 0.2) is 11.6 Å². The smallest absolute Gasteiger partial charge is 0.243 e. The molecule has 126 valence electrons. The molecule has 0 radical (unpaired) electrons. The first-order chi connectivity index (χ1) is 12.2. The van der Waals surface area contributed by atoms with Crippen molar-refractivity contribution in [2.24, 2.45) is 0 Å². The summed E-state index contributed by atoms with van der Waals surface area (Å²) in [5.41, 5.74) is 1.70. The van der Waals surface area contributed by atoms with Crippen LogP contribution >= 0.6 is 0 Å². The summed E-state index contributed by atoms with van der Waals surface area (Å²) in [4.78, 5) is 19.8. The number of anilines is 4. The molecule has 0 saturated carbocycles. The number of hydrogen-bond donors (Lipinski definition) is 3. The van der Waals surface area contributed by atoms with Gasteiger partial charge in [0.1, 0.15) is 17.8 Å². The molecule has 25 heavy (non-hydrogen) atoms. The lowest BCUT2D eigenvalue weighted by atomic mass is 10.2. The first kappa shape index (κ1) is 15.1. The van der Waals surface area contributed by atoms with Crippen LogP contribution in [0.15, 0.2) is 43.0 Å². The molecule has 9 heteroatoms. The molecule has 3 N–H and O–H groups in total. The molecule has 3 aromatic rings. The van der Waals surface area contributed by atoms with E-state index in [1.165, 1.54) is 12.4 Å². The number of nitrogens with zero attached hydrogens (tertiary/aromatic N) is 4. The zero-order chi connectivity index (χ0) is 17.2. The quantitative estimate of drug-likeness (QED) is 0.672. The first-order valence-electron chi connectivity index (χ1n) is 7.60. The van der Waals surface area contributed by atoms with Crippen molar-refractivity contribution in [2.45, 2.75) is 6.54 Å². The van der Waals surface area contributed by atoms with Crippen molar-refractivity contribution < 1.29 is 9.18 Å². The van der Waals surface area contributed by atoms with E-state index >= 15 is 0 Å². The van der Waals surface area contributed by atoms with Crippen LogP contribution in [0, 0.1) is 5.82 Å². The number of nitrogens with one attached hydrogen (secondary N) is 3. The van der Waals surface area contributed by atoms with Crippen LogP contribution in [-0.4, -0.2) is 32.2 Å². The molecular formula is C16H14FN7O. The SMILES string of the molecule is O=C1CNc2ncnc(Nc3cnn(Cc4ccccc4F)c3)c2N1. The second-order valence-electron chi connectivity index (χ2n) is 5.49. The summed E-state index contributed by atoms with van der Waals surface area (Å²) in [6.07, 6.45) is 4.74. The third-order valence-corrected chi connectivity index (χ3v) is 3.71. The van der Waals surface area contributed by atoms with Gasteiger partial charge >= 0.3 is 0 Å². The van der Waals surface area contributed by atoms with Crippen molar-refractivity contribution in [3.8, 4) is 0 Å². The molecule has 4 rings (SSSR count). The monoisotopic (exact) mass is 339 g/mol. The Bertz CT molecular complexity index is 940. The summed E-state index contributed by atoms with van der Waals surface area (Å²) in [5, 5.41) is 13.0. The van der Waals surface area contributed by atoms with Crippen LogP contribution in [0.25, 0.3) is 0 Å². The van der Waals surface area contributed by atoms with E-state index in [4.69, 9.17) is 0 Å². The summed E-state index contributed by atoms with van der Waals surface area (Å²) >= 11 is 0. The molecule has 1 aliphatic rings. The lowest BCUT2D eigenvalue weighted by Crippen LogP contribution is -2.28. The van der Waals surface area contributed by atoms with Gasteiger partial charge in [-0.25, -0.2) is 14.4 Å². The maximum Gasteiger partial charge on any atom is 0.243 e. The number of carbonyl (C=O) groups excluding carboxylic acids is 1. The normalized spacial score (nSPS) is 12.9. The molecule has 0 aliphatic carbocycles. The van der Waals surface area contributed by atoms with Gasteiger partial charge in [-0.2, -0.15) is 5.10 Å². The molecule has 0 fully saturated rings. The fourth-order valence-corrected chi connectivity index (χ4v) is 2.53. The Morgan fingerprint density at radius 1 is 1.28 bits per heavy atom. The Morgan fingerprint density at radius 3 is 3.04 bits per heavy atom. The van der Waals surface area contributed by atoms with Gasteiger partial charge in [0.05, 0.1) is 25.0 Å². The van der Waals surface area contributed by atoms with Crippen LogP contribution in [-0.2, 0) is 11.3 Å². The van der Waals surface area contributed by atoms with Crippen LogP contribution in [0.5, 0.6) is 0 Å². The zero-order valence-electron chi connectivity index (χ0n) is 13.0. The lowest BCUT2D eigenvalue weighted by Gasteiger charge is -2.19. The standard InChI is InChI=1S/C16H14FN7O/c17-12-4-2-1-3-10(12)7-24-8-11(5-21-24)22-16-14-15(19-9-20-16)18-6-13(25)23-14/h1-5,8-9H,6-7H2,(H,23,25)(H2,18,19,20,22). The second kappa shape index (κ2) is 6.19. The van der Waals surface area contributed by atoms with Crippen LogP contribution < -0.4 is 16.0 Å². The summed E-state index contributed by atoms with van der Waals surface area (Å²) < 4.78 is 15.3. The first-order valence-corrected chi connectivity index (χ1v) is 7.60. The van der Waals surface area contributed by atoms with Gasteiger partial charge in [-0.05, 0) is 6.07 Å². The fourth-order valence-electron chi connectivity index (χ4n) is 2.53. The van der Waals surface area contributed by atoms with Gasteiger partial charge < -0.3 is 16.0 Å². The highest BCUT2D eigenvalue weighted by Gasteiger charge is 2.19. The number of carbonyl (C=O) groups is 1. The molecule has 0 bridgehead atoms. The Morgan fingerprint density at radius 2 is 2.16 bits per heavy atom. The molecule has 3 heterocycles. The van der Waals surface area contributed by atoms with E-state index in [2.05, 4.69) is 31.0 Å². The zero-order valence-corrected chi connectivity index (χ0v) is 13.0. The summed E-state index contributed by atoms with van der Waals surface area (Å²) in [6.45, 7) is 0.485. The Labute approximate surface area is 142 Å². The van der Waals surface area contributed by atoms with E-state index in [-0.39, 0.29) is 18.3 Å². The van der Waals surface area contributed by atoms with Gasteiger partial charge in [0, 0.05) is 11.8 Å². The van der Waals surface area contributed by atoms with Crippen LogP contribution in [0.1, 0.15) is 5.56 Å². The molecule has 1 aliphatic heterocycles. The van der Waals surface area contributed by atoms with Gasteiger partial charge in [-0.15, -0.1) is 0 Å². The maximum absolute atomic E-state index is 13.7. The molecule has 8 nitrogen and oxygen atoms in total. The molecule has 2 aromatic heterocycles. The van der Waals surface area contributed by atoms with Crippen molar-refractivity contribution in [1.82, 2.24) is 19.7 Å². The number of aromatic nitrogens is 4. The summed E-state index contributed by atoms with van der Waals surface area (Å²) in [6, 6.07) is 6.56. The topological polar surface area (TPSA) is 96.8 Å². The maximum atomic E-state index is 13.7. The van der Waals surface area contributed by atoms with E-state index in [1.807, 2.05) is 0 Å². The third kappa shape index (κ3) is 3.11. The van der Waals surface area contributed by atoms with Gasteiger partial charge in [-0.1, -0.05) is 18.2 Å². The average Bonchev–Trinajstić information content (AvgIpc) is 3.05. The highest BCUT2D eigenvalue weighted by Crippen LogP contribution is 2.30. The Balaban J connectivity index is 1.54. The largest absolute Gasteiger partial charge is 0.359 e. The predicted molar refractivity (Wildman–Crippen MR) is 90.2 cm³/mol. The van der Waals surface area contributed by atoms with Gasteiger partial charge in [-0.3, -0.25) is 9.48 Å². The number of rotatable bonds is 4. The van der Waals surface area contributed by atoms with Crippen molar-refractivity contribution in [1.29, 1.82) is 0 Å². The number of fused-ring (bicyclic) bond motifs is 1. The summed E-state index contributed by atoms with van der Waals surface area (Å²) in [5.74, 6) is 0.568. The fraction of sp³-hybridized carbons (Fsp3) is 0.125.